The van der Waals surface area contributed by atoms with Crippen LogP contribution in [0.5, 0.6) is 5.75 Å². The molecule has 4 nitrogen and oxygen atoms in total. The molecule has 0 saturated heterocycles. The number of fused-ring (bicyclic) bond motifs is 1. The molecule has 1 heterocycles. The van der Waals surface area contributed by atoms with Crippen LogP contribution in [-0.4, -0.2) is 27.4 Å². The maximum absolute atomic E-state index is 9.84. The topological polar surface area (TPSA) is 59.5 Å². The summed E-state index contributed by atoms with van der Waals surface area (Å²) in [4.78, 5) is 3.26. The number of nitrogens with zero attached hydrogens (tertiary/aromatic N) is 1. The lowest BCUT2D eigenvalue weighted by molar-refractivity contribution is -0.0732. The standard InChI is InChI=1S/C12H16N2O2/c1-7-8(2)13-10-4-5-11(15)9(12(7)10)6-14(3)16/h4-5,13,15-16H,6H2,1-3H3. The number of aryl methyl sites for hydroxylation is 2. The Bertz CT molecular complexity index is 529. The Balaban J connectivity index is 2.72. The maximum atomic E-state index is 9.84. The molecule has 0 atom stereocenters. The van der Waals surface area contributed by atoms with E-state index in [2.05, 4.69) is 4.98 Å². The van der Waals surface area contributed by atoms with Crippen molar-refractivity contribution in [2.75, 3.05) is 7.05 Å². The number of rotatable bonds is 2. The van der Waals surface area contributed by atoms with Gasteiger partial charge in [0, 0.05) is 29.2 Å². The van der Waals surface area contributed by atoms with E-state index in [1.54, 1.807) is 13.1 Å². The van der Waals surface area contributed by atoms with E-state index in [1.807, 2.05) is 19.9 Å². The van der Waals surface area contributed by atoms with Crippen LogP contribution in [0.2, 0.25) is 0 Å². The van der Waals surface area contributed by atoms with E-state index in [1.165, 1.54) is 0 Å². The number of nitrogens with one attached hydrogen (secondary N) is 1. The number of hydroxylamine groups is 2. The van der Waals surface area contributed by atoms with Crippen molar-refractivity contribution in [3.8, 4) is 5.75 Å². The maximum Gasteiger partial charge on any atom is 0.120 e. The van der Waals surface area contributed by atoms with Crippen LogP contribution in [0, 0.1) is 13.8 Å². The van der Waals surface area contributed by atoms with Crippen LogP contribution in [0.15, 0.2) is 12.1 Å². The van der Waals surface area contributed by atoms with E-state index < -0.39 is 0 Å². The Morgan fingerprint density at radius 3 is 2.62 bits per heavy atom. The van der Waals surface area contributed by atoms with Gasteiger partial charge in [0.2, 0.25) is 0 Å². The van der Waals surface area contributed by atoms with Gasteiger partial charge < -0.3 is 15.3 Å². The zero-order valence-electron chi connectivity index (χ0n) is 9.70. The highest BCUT2D eigenvalue weighted by Crippen LogP contribution is 2.31. The van der Waals surface area contributed by atoms with Gasteiger partial charge in [0.25, 0.3) is 0 Å². The molecule has 2 aromatic rings. The van der Waals surface area contributed by atoms with Crippen LogP contribution in [0.1, 0.15) is 16.8 Å². The van der Waals surface area contributed by atoms with Crippen LogP contribution in [0.25, 0.3) is 10.9 Å². The fourth-order valence-electron chi connectivity index (χ4n) is 2.04. The largest absolute Gasteiger partial charge is 0.508 e. The molecule has 1 aromatic heterocycles. The zero-order chi connectivity index (χ0) is 11.9. The minimum absolute atomic E-state index is 0.218. The Hall–Kier alpha value is -1.52. The van der Waals surface area contributed by atoms with E-state index >= 15 is 0 Å². The number of aromatic hydroxyl groups is 1. The number of hydrogen-bond donors (Lipinski definition) is 3. The Morgan fingerprint density at radius 2 is 2.00 bits per heavy atom. The zero-order valence-corrected chi connectivity index (χ0v) is 9.70. The third-order valence-corrected chi connectivity index (χ3v) is 2.93. The summed E-state index contributed by atoms with van der Waals surface area (Å²) in [5, 5.41) is 21.2. The highest BCUT2D eigenvalue weighted by atomic mass is 16.5. The fraction of sp³-hybridized carbons (Fsp3) is 0.333. The summed E-state index contributed by atoms with van der Waals surface area (Å²) in [6.45, 7) is 4.31. The molecule has 1 aromatic carbocycles. The summed E-state index contributed by atoms with van der Waals surface area (Å²) in [6.07, 6.45) is 0. The molecule has 0 spiro atoms. The first-order valence-electron chi connectivity index (χ1n) is 5.20. The molecule has 86 valence electrons. The lowest BCUT2D eigenvalue weighted by Crippen LogP contribution is -2.12. The number of benzene rings is 1. The van der Waals surface area contributed by atoms with Gasteiger partial charge in [-0.25, -0.2) is 0 Å². The van der Waals surface area contributed by atoms with Gasteiger partial charge >= 0.3 is 0 Å². The second-order valence-electron chi connectivity index (χ2n) is 4.18. The van der Waals surface area contributed by atoms with Crippen molar-refractivity contribution in [3.63, 3.8) is 0 Å². The third kappa shape index (κ3) is 1.66. The van der Waals surface area contributed by atoms with Gasteiger partial charge in [0.05, 0.1) is 6.54 Å². The first-order valence-corrected chi connectivity index (χ1v) is 5.20. The molecule has 0 radical (unpaired) electrons. The van der Waals surface area contributed by atoms with E-state index in [0.29, 0.717) is 6.54 Å². The van der Waals surface area contributed by atoms with Crippen molar-refractivity contribution in [3.05, 3.63) is 29.0 Å². The minimum Gasteiger partial charge on any atom is -0.508 e. The molecule has 0 aliphatic rings. The molecule has 3 N–H and O–H groups in total. The molecule has 0 aliphatic heterocycles. The average molecular weight is 220 g/mol. The van der Waals surface area contributed by atoms with Crippen molar-refractivity contribution in [1.82, 2.24) is 10.0 Å². The number of aromatic amines is 1. The summed E-state index contributed by atoms with van der Waals surface area (Å²) >= 11 is 0. The first-order chi connectivity index (χ1) is 7.50. The molecule has 4 heteroatoms. The number of hydrogen-bond acceptors (Lipinski definition) is 3. The van der Waals surface area contributed by atoms with Gasteiger partial charge in [-0.2, -0.15) is 5.06 Å². The Kier molecular flexibility index (Phi) is 2.61. The highest BCUT2D eigenvalue weighted by Gasteiger charge is 2.13. The van der Waals surface area contributed by atoms with Gasteiger partial charge in [0.15, 0.2) is 0 Å². The Morgan fingerprint density at radius 1 is 1.31 bits per heavy atom. The molecule has 0 saturated carbocycles. The summed E-state index contributed by atoms with van der Waals surface area (Å²) in [5.41, 5.74) is 3.94. The molecule has 0 unspecified atom stereocenters. The smallest absolute Gasteiger partial charge is 0.120 e. The quantitative estimate of drug-likeness (QED) is 0.681. The van der Waals surface area contributed by atoms with E-state index in [0.717, 1.165) is 32.8 Å². The van der Waals surface area contributed by atoms with Gasteiger partial charge in [-0.15, -0.1) is 0 Å². The van der Waals surface area contributed by atoms with Crippen molar-refractivity contribution >= 4 is 10.9 Å². The molecular formula is C12H16N2O2. The van der Waals surface area contributed by atoms with Crippen molar-refractivity contribution in [2.24, 2.45) is 0 Å². The molecule has 0 aliphatic carbocycles. The van der Waals surface area contributed by atoms with Crippen molar-refractivity contribution in [2.45, 2.75) is 20.4 Å². The second-order valence-corrected chi connectivity index (χ2v) is 4.18. The summed E-state index contributed by atoms with van der Waals surface area (Å²) in [6, 6.07) is 3.50. The normalized spacial score (nSPS) is 11.6. The molecule has 2 rings (SSSR count). The van der Waals surface area contributed by atoms with Gasteiger partial charge in [-0.3, -0.25) is 0 Å². The Labute approximate surface area is 94.1 Å². The summed E-state index contributed by atoms with van der Waals surface area (Å²) in [7, 11) is 1.56. The number of phenolic OH excluding ortho intramolecular Hbond substituents is 1. The van der Waals surface area contributed by atoms with Crippen LogP contribution in [-0.2, 0) is 6.54 Å². The first kappa shape index (κ1) is 11.0. The molecular weight excluding hydrogens is 204 g/mol. The van der Waals surface area contributed by atoms with Crippen LogP contribution in [0.3, 0.4) is 0 Å². The fourth-order valence-corrected chi connectivity index (χ4v) is 2.04. The number of H-pyrrole nitrogens is 1. The second kappa shape index (κ2) is 3.81. The van der Waals surface area contributed by atoms with E-state index in [9.17, 15) is 10.3 Å². The van der Waals surface area contributed by atoms with Gasteiger partial charge in [0.1, 0.15) is 5.75 Å². The van der Waals surface area contributed by atoms with Gasteiger partial charge in [-0.05, 0) is 31.5 Å². The predicted octanol–water partition coefficient (Wildman–Crippen LogP) is 2.31. The lowest BCUT2D eigenvalue weighted by Gasteiger charge is -2.11. The van der Waals surface area contributed by atoms with Crippen LogP contribution < -0.4 is 0 Å². The van der Waals surface area contributed by atoms with Crippen LogP contribution in [0.4, 0.5) is 0 Å². The number of phenols is 1. The third-order valence-electron chi connectivity index (χ3n) is 2.93. The summed E-state index contributed by atoms with van der Waals surface area (Å²) in [5.74, 6) is 0.218. The van der Waals surface area contributed by atoms with E-state index in [4.69, 9.17) is 0 Å². The minimum atomic E-state index is 0.218. The summed E-state index contributed by atoms with van der Waals surface area (Å²) < 4.78 is 0. The predicted molar refractivity (Wildman–Crippen MR) is 62.7 cm³/mol. The highest BCUT2D eigenvalue weighted by molar-refractivity contribution is 5.89. The molecule has 0 fully saturated rings. The molecule has 0 bridgehead atoms. The molecule has 0 amide bonds. The van der Waals surface area contributed by atoms with Crippen molar-refractivity contribution in [1.29, 1.82) is 0 Å². The number of aromatic nitrogens is 1. The SMILES string of the molecule is Cc1[nH]c2ccc(O)c(CN(C)O)c2c1C. The van der Waals surface area contributed by atoms with Gasteiger partial charge in [-0.1, -0.05) is 0 Å². The monoisotopic (exact) mass is 220 g/mol. The van der Waals surface area contributed by atoms with E-state index in [-0.39, 0.29) is 5.75 Å². The van der Waals surface area contributed by atoms with Crippen LogP contribution >= 0.6 is 0 Å². The van der Waals surface area contributed by atoms with Crippen molar-refractivity contribution < 1.29 is 10.3 Å². The lowest BCUT2D eigenvalue weighted by atomic mass is 10.0. The molecule has 16 heavy (non-hydrogen) atoms. The average Bonchev–Trinajstić information content (AvgIpc) is 2.48.